The first-order valence-corrected chi connectivity index (χ1v) is 9.03. The number of hydrogen-bond acceptors (Lipinski definition) is 3. The van der Waals surface area contributed by atoms with Crippen molar-refractivity contribution in [2.24, 2.45) is 5.92 Å². The molecule has 3 fully saturated rings. The van der Waals surface area contributed by atoms with Gasteiger partial charge in [-0.1, -0.05) is 12.8 Å². The average Bonchev–Trinajstić information content (AvgIpc) is 3.24. The van der Waals surface area contributed by atoms with Gasteiger partial charge in [-0.15, -0.1) is 0 Å². The van der Waals surface area contributed by atoms with Crippen molar-refractivity contribution < 1.29 is 9.59 Å². The predicted molar refractivity (Wildman–Crippen MR) is 85.4 cm³/mol. The molecule has 5 heteroatoms. The predicted octanol–water partition coefficient (Wildman–Crippen LogP) is 1.38. The normalized spacial score (nSPS) is 27.0. The second-order valence-corrected chi connectivity index (χ2v) is 7.08. The lowest BCUT2D eigenvalue weighted by molar-refractivity contribution is -0.130. The van der Waals surface area contributed by atoms with Crippen molar-refractivity contribution in [2.75, 3.05) is 32.7 Å². The van der Waals surface area contributed by atoms with Gasteiger partial charge in [0.15, 0.2) is 0 Å². The number of hydrogen-bond donors (Lipinski definition) is 1. The summed E-state index contributed by atoms with van der Waals surface area (Å²) in [7, 11) is 0. The maximum absolute atomic E-state index is 12.2. The van der Waals surface area contributed by atoms with Gasteiger partial charge in [0.1, 0.15) is 0 Å². The highest BCUT2D eigenvalue weighted by atomic mass is 16.2. The highest BCUT2D eigenvalue weighted by molar-refractivity contribution is 5.89. The number of nitrogens with one attached hydrogen (secondary N) is 1. The summed E-state index contributed by atoms with van der Waals surface area (Å²) in [4.78, 5) is 28.8. The molecule has 0 aromatic heterocycles. The fourth-order valence-corrected chi connectivity index (χ4v) is 4.14. The van der Waals surface area contributed by atoms with Crippen molar-refractivity contribution in [3.8, 4) is 0 Å². The van der Waals surface area contributed by atoms with Crippen LogP contribution in [0, 0.1) is 5.92 Å². The van der Waals surface area contributed by atoms with Crippen molar-refractivity contribution in [2.45, 2.75) is 57.4 Å². The lowest BCUT2D eigenvalue weighted by atomic mass is 10.1. The van der Waals surface area contributed by atoms with Gasteiger partial charge in [-0.25, -0.2) is 0 Å². The highest BCUT2D eigenvalue weighted by Crippen LogP contribution is 2.29. The Labute approximate surface area is 133 Å². The van der Waals surface area contributed by atoms with E-state index in [2.05, 4.69) is 10.2 Å². The van der Waals surface area contributed by atoms with Gasteiger partial charge < -0.3 is 15.1 Å². The first kappa shape index (κ1) is 15.8. The standard InChI is InChI=1S/C17H29N3O2/c21-16-12-14(13-20(16)15-6-1-2-7-15)17(22)18-8-5-11-19-9-3-4-10-19/h14-15H,1-13H2,(H,18,22)/t14-/m0/s1. The lowest BCUT2D eigenvalue weighted by Gasteiger charge is -2.23. The molecule has 2 saturated heterocycles. The summed E-state index contributed by atoms with van der Waals surface area (Å²) in [5.74, 6) is 0.138. The third-order valence-corrected chi connectivity index (χ3v) is 5.44. The third kappa shape index (κ3) is 3.80. The first-order chi connectivity index (χ1) is 10.7. The number of amides is 2. The summed E-state index contributed by atoms with van der Waals surface area (Å²) < 4.78 is 0. The van der Waals surface area contributed by atoms with Crippen LogP contribution in [0.4, 0.5) is 0 Å². The molecule has 2 amide bonds. The lowest BCUT2D eigenvalue weighted by Crippen LogP contribution is -2.37. The Morgan fingerprint density at radius 1 is 1.14 bits per heavy atom. The zero-order valence-corrected chi connectivity index (χ0v) is 13.6. The zero-order valence-electron chi connectivity index (χ0n) is 13.6. The van der Waals surface area contributed by atoms with Crippen LogP contribution in [0.3, 0.4) is 0 Å². The molecule has 0 aromatic rings. The van der Waals surface area contributed by atoms with Gasteiger partial charge in [0.05, 0.1) is 5.92 Å². The van der Waals surface area contributed by atoms with E-state index in [0.29, 0.717) is 19.0 Å². The Kier molecular flexibility index (Phi) is 5.34. The molecular formula is C17H29N3O2. The van der Waals surface area contributed by atoms with E-state index in [1.807, 2.05) is 4.90 Å². The maximum Gasteiger partial charge on any atom is 0.225 e. The van der Waals surface area contributed by atoms with Crippen LogP contribution < -0.4 is 5.32 Å². The summed E-state index contributed by atoms with van der Waals surface area (Å²) in [5.41, 5.74) is 0. The Hall–Kier alpha value is -1.10. The van der Waals surface area contributed by atoms with E-state index < -0.39 is 0 Å². The maximum atomic E-state index is 12.2. The van der Waals surface area contributed by atoms with E-state index in [4.69, 9.17) is 0 Å². The molecular weight excluding hydrogens is 278 g/mol. The van der Waals surface area contributed by atoms with Crippen molar-refractivity contribution in [1.29, 1.82) is 0 Å². The minimum atomic E-state index is -0.125. The molecule has 3 rings (SSSR count). The van der Waals surface area contributed by atoms with Gasteiger partial charge in [-0.2, -0.15) is 0 Å². The number of carbonyl (C=O) groups excluding carboxylic acids is 2. The molecule has 2 aliphatic heterocycles. The molecule has 1 atom stereocenters. The monoisotopic (exact) mass is 307 g/mol. The number of rotatable bonds is 6. The van der Waals surface area contributed by atoms with E-state index in [1.54, 1.807) is 0 Å². The van der Waals surface area contributed by atoms with Crippen molar-refractivity contribution in [3.05, 3.63) is 0 Å². The topological polar surface area (TPSA) is 52.7 Å². The minimum absolute atomic E-state index is 0.0790. The van der Waals surface area contributed by atoms with Crippen LogP contribution in [-0.2, 0) is 9.59 Å². The zero-order chi connectivity index (χ0) is 15.4. The SMILES string of the molecule is O=C(NCCCN1CCCC1)[C@H]1CC(=O)N(C2CCCC2)C1. The van der Waals surface area contributed by atoms with Crippen LogP contribution >= 0.6 is 0 Å². The summed E-state index contributed by atoms with van der Waals surface area (Å²) >= 11 is 0. The first-order valence-electron chi connectivity index (χ1n) is 9.03. The molecule has 1 aliphatic carbocycles. The molecule has 0 bridgehead atoms. The fraction of sp³-hybridized carbons (Fsp3) is 0.882. The largest absolute Gasteiger partial charge is 0.356 e. The summed E-state index contributed by atoms with van der Waals surface area (Å²) in [6.45, 7) is 4.88. The fourth-order valence-electron chi connectivity index (χ4n) is 4.14. The van der Waals surface area contributed by atoms with Crippen molar-refractivity contribution >= 4 is 11.8 Å². The van der Waals surface area contributed by atoms with Gasteiger partial charge in [0.25, 0.3) is 0 Å². The highest BCUT2D eigenvalue weighted by Gasteiger charge is 2.38. The molecule has 0 radical (unpaired) electrons. The summed E-state index contributed by atoms with van der Waals surface area (Å²) in [5, 5.41) is 3.04. The van der Waals surface area contributed by atoms with Crippen LogP contribution in [-0.4, -0.2) is 60.4 Å². The van der Waals surface area contributed by atoms with Crippen LogP contribution in [0.1, 0.15) is 51.4 Å². The van der Waals surface area contributed by atoms with E-state index in [-0.39, 0.29) is 17.7 Å². The van der Waals surface area contributed by atoms with Crippen LogP contribution in [0.2, 0.25) is 0 Å². The summed E-state index contributed by atoms with van der Waals surface area (Å²) in [6.07, 6.45) is 8.74. The molecule has 3 aliphatic rings. The molecule has 0 aromatic carbocycles. The second-order valence-electron chi connectivity index (χ2n) is 7.08. The smallest absolute Gasteiger partial charge is 0.225 e. The number of likely N-dealkylation sites (tertiary alicyclic amines) is 2. The Balaban J connectivity index is 1.36. The van der Waals surface area contributed by atoms with Crippen LogP contribution in [0.15, 0.2) is 0 Å². The Morgan fingerprint density at radius 2 is 1.86 bits per heavy atom. The van der Waals surface area contributed by atoms with Gasteiger partial charge in [-0.05, 0) is 51.7 Å². The third-order valence-electron chi connectivity index (χ3n) is 5.44. The molecule has 124 valence electrons. The van der Waals surface area contributed by atoms with E-state index in [0.717, 1.165) is 32.4 Å². The number of carbonyl (C=O) groups is 2. The molecule has 1 saturated carbocycles. The van der Waals surface area contributed by atoms with E-state index >= 15 is 0 Å². The van der Waals surface area contributed by atoms with Gasteiger partial charge in [0, 0.05) is 25.6 Å². The van der Waals surface area contributed by atoms with Crippen molar-refractivity contribution in [3.63, 3.8) is 0 Å². The molecule has 0 spiro atoms. The van der Waals surface area contributed by atoms with E-state index in [9.17, 15) is 9.59 Å². The van der Waals surface area contributed by atoms with Crippen molar-refractivity contribution in [1.82, 2.24) is 15.1 Å². The van der Waals surface area contributed by atoms with Gasteiger partial charge in [0.2, 0.25) is 11.8 Å². The molecule has 2 heterocycles. The quantitative estimate of drug-likeness (QED) is 0.754. The average molecular weight is 307 g/mol. The van der Waals surface area contributed by atoms with Gasteiger partial charge >= 0.3 is 0 Å². The van der Waals surface area contributed by atoms with Gasteiger partial charge in [-0.3, -0.25) is 9.59 Å². The van der Waals surface area contributed by atoms with E-state index in [1.165, 1.54) is 38.8 Å². The summed E-state index contributed by atoms with van der Waals surface area (Å²) in [6, 6.07) is 0.403. The Morgan fingerprint density at radius 3 is 2.59 bits per heavy atom. The molecule has 5 nitrogen and oxygen atoms in total. The van der Waals surface area contributed by atoms with Crippen LogP contribution in [0.25, 0.3) is 0 Å². The second kappa shape index (κ2) is 7.44. The minimum Gasteiger partial charge on any atom is -0.356 e. The molecule has 22 heavy (non-hydrogen) atoms. The molecule has 1 N–H and O–H groups in total. The molecule has 0 unspecified atom stereocenters. The van der Waals surface area contributed by atoms with Crippen LogP contribution in [0.5, 0.6) is 0 Å². The number of nitrogens with zero attached hydrogens (tertiary/aromatic N) is 2. The Bertz CT molecular complexity index is 401.